The third-order valence-corrected chi connectivity index (χ3v) is 3.24. The van der Waals surface area contributed by atoms with Crippen LogP contribution in [0.4, 0.5) is 5.69 Å². The van der Waals surface area contributed by atoms with E-state index in [1.54, 1.807) is 22.9 Å². The first-order valence-electron chi connectivity index (χ1n) is 6.72. The lowest BCUT2D eigenvalue weighted by molar-refractivity contribution is -0.116. The first-order valence-corrected chi connectivity index (χ1v) is 6.72. The van der Waals surface area contributed by atoms with E-state index >= 15 is 0 Å². The summed E-state index contributed by atoms with van der Waals surface area (Å²) in [6.45, 7) is 2.56. The van der Waals surface area contributed by atoms with Crippen LogP contribution in [0.1, 0.15) is 29.4 Å². The fourth-order valence-electron chi connectivity index (χ4n) is 2.12. The van der Waals surface area contributed by atoms with Crippen LogP contribution in [0.25, 0.3) is 0 Å². The molecule has 0 aliphatic carbocycles. The van der Waals surface area contributed by atoms with Crippen LogP contribution in [0.2, 0.25) is 0 Å². The van der Waals surface area contributed by atoms with Gasteiger partial charge in [-0.25, -0.2) is 0 Å². The van der Waals surface area contributed by atoms with Gasteiger partial charge in [0.15, 0.2) is 6.29 Å². The zero-order valence-corrected chi connectivity index (χ0v) is 11.5. The highest BCUT2D eigenvalue weighted by Gasteiger charge is 2.07. The number of nitrogens with one attached hydrogen (secondary N) is 1. The average Bonchev–Trinajstić information content (AvgIpc) is 2.93. The number of amides is 1. The third kappa shape index (κ3) is 3.35. The Morgan fingerprint density at radius 1 is 1.25 bits per heavy atom. The molecule has 0 saturated carbocycles. The lowest BCUT2D eigenvalue weighted by Crippen LogP contribution is -2.16. The van der Waals surface area contributed by atoms with E-state index in [2.05, 4.69) is 12.2 Å². The Hall–Kier alpha value is -2.36. The minimum absolute atomic E-state index is 0.0450. The number of nitrogens with zero attached hydrogens (tertiary/aromatic N) is 1. The molecule has 0 fully saturated rings. The number of carbonyl (C=O) groups excluding carboxylic acids is 2. The molecule has 0 atom stereocenters. The van der Waals surface area contributed by atoms with Gasteiger partial charge in [-0.1, -0.05) is 25.1 Å². The number of hydrogen-bond donors (Lipinski definition) is 1. The molecule has 0 bridgehead atoms. The Bertz CT molecular complexity index is 602. The van der Waals surface area contributed by atoms with Crippen molar-refractivity contribution in [2.45, 2.75) is 26.3 Å². The number of benzene rings is 1. The van der Waals surface area contributed by atoms with E-state index < -0.39 is 0 Å². The number of anilines is 1. The predicted octanol–water partition coefficient (Wildman–Crippen LogP) is 2.89. The Balaban J connectivity index is 1.94. The van der Waals surface area contributed by atoms with E-state index in [1.165, 1.54) is 0 Å². The fraction of sp³-hybridized carbons (Fsp3) is 0.250. The van der Waals surface area contributed by atoms with Crippen molar-refractivity contribution in [1.82, 2.24) is 4.57 Å². The number of aryl methyl sites for hydroxylation is 2. The summed E-state index contributed by atoms with van der Waals surface area (Å²) in [5.74, 6) is -0.0450. The van der Waals surface area contributed by atoms with E-state index in [-0.39, 0.29) is 5.91 Å². The van der Waals surface area contributed by atoms with Gasteiger partial charge in [-0.3, -0.25) is 9.59 Å². The molecular formula is C16H18N2O2. The van der Waals surface area contributed by atoms with Crippen LogP contribution in [0.3, 0.4) is 0 Å². The first-order chi connectivity index (χ1) is 9.74. The molecule has 0 aliphatic heterocycles. The molecule has 0 aliphatic rings. The van der Waals surface area contributed by atoms with Crippen LogP contribution >= 0.6 is 0 Å². The SMILES string of the molecule is CCc1ccccc1NC(=O)CCn1cccc1C=O. The number of para-hydroxylation sites is 1. The molecule has 104 valence electrons. The average molecular weight is 270 g/mol. The van der Waals surface area contributed by atoms with Gasteiger partial charge in [0.2, 0.25) is 5.91 Å². The molecule has 1 N–H and O–H groups in total. The lowest BCUT2D eigenvalue weighted by Gasteiger charge is -2.10. The maximum Gasteiger partial charge on any atom is 0.226 e. The van der Waals surface area contributed by atoms with Crippen molar-refractivity contribution in [1.29, 1.82) is 0 Å². The van der Waals surface area contributed by atoms with Gasteiger partial charge in [0, 0.05) is 24.8 Å². The molecule has 2 aromatic rings. The number of aromatic nitrogens is 1. The summed E-state index contributed by atoms with van der Waals surface area (Å²) in [6.07, 6.45) is 3.82. The summed E-state index contributed by atoms with van der Waals surface area (Å²) in [4.78, 5) is 22.7. The second kappa shape index (κ2) is 6.70. The first kappa shape index (κ1) is 14.1. The summed E-state index contributed by atoms with van der Waals surface area (Å²) in [5, 5.41) is 2.92. The van der Waals surface area contributed by atoms with Crippen molar-refractivity contribution in [2.75, 3.05) is 5.32 Å². The predicted molar refractivity (Wildman–Crippen MR) is 78.9 cm³/mol. The highest BCUT2D eigenvalue weighted by atomic mass is 16.1. The summed E-state index contributed by atoms with van der Waals surface area (Å²) < 4.78 is 1.78. The van der Waals surface area contributed by atoms with Gasteiger partial charge in [-0.05, 0) is 30.2 Å². The van der Waals surface area contributed by atoms with Crippen molar-refractivity contribution >= 4 is 17.9 Å². The lowest BCUT2D eigenvalue weighted by atomic mass is 10.1. The Kier molecular flexibility index (Phi) is 4.71. The molecule has 4 heteroatoms. The molecule has 1 aromatic heterocycles. The second-order valence-corrected chi connectivity index (χ2v) is 4.55. The molecule has 1 amide bonds. The monoisotopic (exact) mass is 270 g/mol. The topological polar surface area (TPSA) is 51.1 Å². The molecule has 0 saturated heterocycles. The van der Waals surface area contributed by atoms with E-state index in [1.807, 2.05) is 24.3 Å². The van der Waals surface area contributed by atoms with Gasteiger partial charge >= 0.3 is 0 Å². The number of aldehydes is 1. The Morgan fingerprint density at radius 2 is 2.05 bits per heavy atom. The van der Waals surface area contributed by atoms with Crippen LogP contribution < -0.4 is 5.32 Å². The van der Waals surface area contributed by atoms with Crippen molar-refractivity contribution in [3.8, 4) is 0 Å². The zero-order valence-electron chi connectivity index (χ0n) is 11.5. The van der Waals surface area contributed by atoms with Crippen LogP contribution in [-0.4, -0.2) is 16.8 Å². The fourth-order valence-corrected chi connectivity index (χ4v) is 2.12. The summed E-state index contributed by atoms with van der Waals surface area (Å²) in [7, 11) is 0. The van der Waals surface area contributed by atoms with Gasteiger partial charge < -0.3 is 9.88 Å². The van der Waals surface area contributed by atoms with Crippen molar-refractivity contribution < 1.29 is 9.59 Å². The standard InChI is InChI=1S/C16H18N2O2/c1-2-13-6-3-4-8-15(13)17-16(20)9-11-18-10-5-7-14(18)12-19/h3-8,10,12H,2,9,11H2,1H3,(H,17,20). The maximum atomic E-state index is 12.0. The van der Waals surface area contributed by atoms with Gasteiger partial charge in [-0.15, -0.1) is 0 Å². The van der Waals surface area contributed by atoms with Gasteiger partial charge in [-0.2, -0.15) is 0 Å². The smallest absolute Gasteiger partial charge is 0.226 e. The Labute approximate surface area is 118 Å². The highest BCUT2D eigenvalue weighted by molar-refractivity contribution is 5.91. The van der Waals surface area contributed by atoms with Crippen molar-refractivity contribution in [3.63, 3.8) is 0 Å². The quantitative estimate of drug-likeness (QED) is 0.820. The minimum Gasteiger partial charge on any atom is -0.345 e. The molecule has 2 rings (SSSR count). The summed E-state index contributed by atoms with van der Waals surface area (Å²) >= 11 is 0. The van der Waals surface area contributed by atoms with Gasteiger partial charge in [0.1, 0.15) is 0 Å². The molecule has 1 heterocycles. The minimum atomic E-state index is -0.0450. The number of rotatable bonds is 6. The van der Waals surface area contributed by atoms with E-state index in [4.69, 9.17) is 0 Å². The summed E-state index contributed by atoms with van der Waals surface area (Å²) in [5.41, 5.74) is 2.57. The van der Waals surface area contributed by atoms with Crippen molar-refractivity contribution in [3.05, 3.63) is 53.9 Å². The van der Waals surface area contributed by atoms with E-state index in [0.717, 1.165) is 24.0 Å². The van der Waals surface area contributed by atoms with Crippen LogP contribution in [-0.2, 0) is 17.8 Å². The van der Waals surface area contributed by atoms with Gasteiger partial charge in [0.25, 0.3) is 0 Å². The largest absolute Gasteiger partial charge is 0.345 e. The normalized spacial score (nSPS) is 10.2. The second-order valence-electron chi connectivity index (χ2n) is 4.55. The summed E-state index contributed by atoms with van der Waals surface area (Å²) in [6, 6.07) is 11.3. The molecule has 0 unspecified atom stereocenters. The molecule has 4 nitrogen and oxygen atoms in total. The highest BCUT2D eigenvalue weighted by Crippen LogP contribution is 2.15. The molecular weight excluding hydrogens is 252 g/mol. The third-order valence-electron chi connectivity index (χ3n) is 3.24. The van der Waals surface area contributed by atoms with Crippen LogP contribution in [0.15, 0.2) is 42.6 Å². The number of hydrogen-bond acceptors (Lipinski definition) is 2. The Morgan fingerprint density at radius 3 is 2.80 bits per heavy atom. The molecule has 0 spiro atoms. The van der Waals surface area contributed by atoms with Gasteiger partial charge in [0.05, 0.1) is 5.69 Å². The van der Waals surface area contributed by atoms with Crippen LogP contribution in [0, 0.1) is 0 Å². The zero-order chi connectivity index (χ0) is 14.4. The van der Waals surface area contributed by atoms with E-state index in [9.17, 15) is 9.59 Å². The van der Waals surface area contributed by atoms with E-state index in [0.29, 0.717) is 18.7 Å². The number of carbonyl (C=O) groups is 2. The van der Waals surface area contributed by atoms with Crippen LogP contribution in [0.5, 0.6) is 0 Å². The maximum absolute atomic E-state index is 12.0. The van der Waals surface area contributed by atoms with Crippen molar-refractivity contribution in [2.24, 2.45) is 0 Å². The molecule has 1 aromatic carbocycles. The molecule has 0 radical (unpaired) electrons. The molecule has 20 heavy (non-hydrogen) atoms.